The van der Waals surface area contributed by atoms with Gasteiger partial charge < -0.3 is 15.3 Å². The predicted molar refractivity (Wildman–Crippen MR) is 64.9 cm³/mol. The minimum absolute atomic E-state index is 0.242. The molecule has 2 atom stereocenters. The number of carbonyl (C=O) groups excluding carboxylic acids is 1. The van der Waals surface area contributed by atoms with Crippen LogP contribution in [0, 0.1) is 0 Å². The molecule has 0 bridgehead atoms. The molecular weight excluding hydrogens is 220 g/mol. The lowest BCUT2D eigenvalue weighted by Crippen LogP contribution is -2.50. The Bertz CT molecular complexity index is 281. The lowest BCUT2D eigenvalue weighted by atomic mass is 10.1. The average molecular weight is 242 g/mol. The van der Waals surface area contributed by atoms with Gasteiger partial charge >= 0.3 is 12.0 Å². The van der Waals surface area contributed by atoms with E-state index in [-0.39, 0.29) is 12.1 Å². The van der Waals surface area contributed by atoms with Gasteiger partial charge in [-0.25, -0.2) is 4.79 Å². The summed E-state index contributed by atoms with van der Waals surface area (Å²) >= 11 is 0. The van der Waals surface area contributed by atoms with Crippen molar-refractivity contribution >= 4 is 12.0 Å². The van der Waals surface area contributed by atoms with E-state index in [1.807, 2.05) is 0 Å². The molecule has 0 aromatic rings. The number of carbonyl (C=O) groups is 2. The fourth-order valence-electron chi connectivity index (χ4n) is 2.20. The van der Waals surface area contributed by atoms with Crippen LogP contribution in [-0.2, 0) is 4.79 Å². The topological polar surface area (TPSA) is 69.6 Å². The molecule has 1 aliphatic heterocycles. The van der Waals surface area contributed by atoms with Gasteiger partial charge in [0, 0.05) is 12.6 Å². The number of nitrogens with zero attached hydrogens (tertiary/aromatic N) is 1. The zero-order valence-corrected chi connectivity index (χ0v) is 10.6. The normalized spacial score (nSPS) is 22.7. The van der Waals surface area contributed by atoms with Gasteiger partial charge in [0.2, 0.25) is 0 Å². The highest BCUT2D eigenvalue weighted by Gasteiger charge is 2.26. The first kappa shape index (κ1) is 13.8. The van der Waals surface area contributed by atoms with Crippen LogP contribution in [0.1, 0.15) is 46.0 Å². The maximum atomic E-state index is 12.0. The highest BCUT2D eigenvalue weighted by atomic mass is 16.4. The van der Waals surface area contributed by atoms with Crippen LogP contribution in [-0.4, -0.2) is 40.6 Å². The smallest absolute Gasteiger partial charge is 0.325 e. The summed E-state index contributed by atoms with van der Waals surface area (Å²) in [6.45, 7) is 4.28. The first-order valence-electron chi connectivity index (χ1n) is 6.36. The zero-order valence-electron chi connectivity index (χ0n) is 10.6. The molecule has 5 heteroatoms. The molecule has 0 spiro atoms. The summed E-state index contributed by atoms with van der Waals surface area (Å²) in [5, 5.41) is 11.3. The Hall–Kier alpha value is -1.26. The summed E-state index contributed by atoms with van der Waals surface area (Å²) in [6.07, 6.45) is 5.25. The first-order chi connectivity index (χ1) is 8.06. The SMILES string of the molecule is CCC1CCCCCN1C(=O)N[C@@H](C)C(=O)O. The van der Waals surface area contributed by atoms with E-state index in [1.165, 1.54) is 6.92 Å². The molecule has 0 radical (unpaired) electrons. The summed E-state index contributed by atoms with van der Waals surface area (Å²) < 4.78 is 0. The quantitative estimate of drug-likeness (QED) is 0.793. The van der Waals surface area contributed by atoms with E-state index in [0.717, 1.165) is 38.6 Å². The van der Waals surface area contributed by atoms with Gasteiger partial charge in [-0.15, -0.1) is 0 Å². The van der Waals surface area contributed by atoms with Crippen molar-refractivity contribution in [2.24, 2.45) is 0 Å². The lowest BCUT2D eigenvalue weighted by Gasteiger charge is -2.30. The van der Waals surface area contributed by atoms with Gasteiger partial charge in [-0.2, -0.15) is 0 Å². The number of hydrogen-bond acceptors (Lipinski definition) is 2. The van der Waals surface area contributed by atoms with E-state index in [0.29, 0.717) is 0 Å². The van der Waals surface area contributed by atoms with Crippen LogP contribution in [0.4, 0.5) is 4.79 Å². The molecule has 0 saturated carbocycles. The third-order valence-electron chi connectivity index (χ3n) is 3.32. The Labute approximate surface area is 102 Å². The summed E-state index contributed by atoms with van der Waals surface area (Å²) in [5.41, 5.74) is 0. The Morgan fingerprint density at radius 3 is 2.71 bits per heavy atom. The largest absolute Gasteiger partial charge is 0.480 e. The molecule has 0 aliphatic carbocycles. The van der Waals surface area contributed by atoms with E-state index >= 15 is 0 Å². The van der Waals surface area contributed by atoms with Gasteiger partial charge in [0.15, 0.2) is 0 Å². The number of urea groups is 1. The highest BCUT2D eigenvalue weighted by molar-refractivity contribution is 5.82. The summed E-state index contributed by atoms with van der Waals surface area (Å²) in [4.78, 5) is 24.5. The second-order valence-electron chi connectivity index (χ2n) is 4.61. The predicted octanol–water partition coefficient (Wildman–Crippen LogP) is 1.82. The van der Waals surface area contributed by atoms with E-state index in [2.05, 4.69) is 12.2 Å². The summed E-state index contributed by atoms with van der Waals surface area (Å²) in [6, 6.07) is -0.824. The molecular formula is C12H22N2O3. The van der Waals surface area contributed by atoms with Gasteiger partial charge in [-0.3, -0.25) is 4.79 Å². The molecule has 0 aromatic carbocycles. The molecule has 0 aromatic heterocycles. The first-order valence-corrected chi connectivity index (χ1v) is 6.36. The monoisotopic (exact) mass is 242 g/mol. The van der Waals surface area contributed by atoms with E-state index in [9.17, 15) is 9.59 Å². The zero-order chi connectivity index (χ0) is 12.8. The van der Waals surface area contributed by atoms with Gasteiger partial charge in [0.1, 0.15) is 6.04 Å². The molecule has 5 nitrogen and oxygen atoms in total. The van der Waals surface area contributed by atoms with Crippen molar-refractivity contribution in [3.05, 3.63) is 0 Å². The number of amides is 2. The Morgan fingerprint density at radius 1 is 1.41 bits per heavy atom. The molecule has 98 valence electrons. The minimum Gasteiger partial charge on any atom is -0.480 e. The van der Waals surface area contributed by atoms with Crippen molar-refractivity contribution in [2.45, 2.75) is 58.0 Å². The molecule has 1 fully saturated rings. The second-order valence-corrected chi connectivity index (χ2v) is 4.61. The number of carboxylic acids is 1. The van der Waals surface area contributed by atoms with Crippen molar-refractivity contribution in [2.75, 3.05) is 6.54 Å². The van der Waals surface area contributed by atoms with Gasteiger partial charge in [-0.05, 0) is 26.2 Å². The van der Waals surface area contributed by atoms with Crippen LogP contribution in [0.3, 0.4) is 0 Å². The Balaban J connectivity index is 2.60. The third kappa shape index (κ3) is 3.91. The number of carboxylic acid groups (broad SMARTS) is 1. The van der Waals surface area contributed by atoms with Crippen LogP contribution in [0.2, 0.25) is 0 Å². The molecule has 2 N–H and O–H groups in total. The molecule has 1 aliphatic rings. The van der Waals surface area contributed by atoms with Gasteiger partial charge in [-0.1, -0.05) is 19.8 Å². The van der Waals surface area contributed by atoms with Crippen molar-refractivity contribution in [3.8, 4) is 0 Å². The molecule has 1 unspecified atom stereocenters. The summed E-state index contributed by atoms with van der Waals surface area (Å²) in [7, 11) is 0. The number of hydrogen-bond donors (Lipinski definition) is 2. The lowest BCUT2D eigenvalue weighted by molar-refractivity contribution is -0.138. The van der Waals surface area contributed by atoms with Crippen molar-refractivity contribution in [1.29, 1.82) is 0 Å². The van der Waals surface area contributed by atoms with Crippen molar-refractivity contribution < 1.29 is 14.7 Å². The van der Waals surface area contributed by atoms with Crippen molar-refractivity contribution in [3.63, 3.8) is 0 Å². The van der Waals surface area contributed by atoms with E-state index in [4.69, 9.17) is 5.11 Å². The van der Waals surface area contributed by atoms with E-state index in [1.54, 1.807) is 4.90 Å². The van der Waals surface area contributed by atoms with Crippen LogP contribution in [0.5, 0.6) is 0 Å². The van der Waals surface area contributed by atoms with Crippen LogP contribution >= 0.6 is 0 Å². The van der Waals surface area contributed by atoms with Gasteiger partial charge in [0.05, 0.1) is 0 Å². The number of likely N-dealkylation sites (tertiary alicyclic amines) is 1. The third-order valence-corrected chi connectivity index (χ3v) is 3.32. The average Bonchev–Trinajstić information content (AvgIpc) is 2.53. The standard InChI is InChI=1S/C12H22N2O3/c1-3-10-7-5-4-6-8-14(10)12(17)13-9(2)11(15)16/h9-10H,3-8H2,1-2H3,(H,13,17)(H,15,16)/t9-,10?/m0/s1. The molecule has 1 heterocycles. The fraction of sp³-hybridized carbons (Fsp3) is 0.833. The Morgan fingerprint density at radius 2 is 2.12 bits per heavy atom. The molecule has 1 rings (SSSR count). The highest BCUT2D eigenvalue weighted by Crippen LogP contribution is 2.19. The maximum absolute atomic E-state index is 12.0. The van der Waals surface area contributed by atoms with Gasteiger partial charge in [0.25, 0.3) is 0 Å². The summed E-state index contributed by atoms with van der Waals surface area (Å²) in [5.74, 6) is -0.999. The molecule has 2 amide bonds. The maximum Gasteiger partial charge on any atom is 0.325 e. The van der Waals surface area contributed by atoms with Crippen molar-refractivity contribution in [1.82, 2.24) is 10.2 Å². The number of rotatable bonds is 3. The molecule has 17 heavy (non-hydrogen) atoms. The molecule has 1 saturated heterocycles. The van der Waals surface area contributed by atoms with E-state index < -0.39 is 12.0 Å². The van der Waals surface area contributed by atoms with Crippen LogP contribution < -0.4 is 5.32 Å². The van der Waals surface area contributed by atoms with Crippen LogP contribution in [0.15, 0.2) is 0 Å². The number of nitrogens with one attached hydrogen (secondary N) is 1. The second kappa shape index (κ2) is 6.47. The Kier molecular flexibility index (Phi) is 5.25. The minimum atomic E-state index is -0.999. The fourth-order valence-corrected chi connectivity index (χ4v) is 2.20. The number of aliphatic carboxylic acids is 1. The van der Waals surface area contributed by atoms with Crippen LogP contribution in [0.25, 0.3) is 0 Å².